The van der Waals surface area contributed by atoms with Gasteiger partial charge in [0.25, 0.3) is 0 Å². The summed E-state index contributed by atoms with van der Waals surface area (Å²) in [6, 6.07) is 4.51. The highest BCUT2D eigenvalue weighted by Crippen LogP contribution is 2.24. The predicted molar refractivity (Wildman–Crippen MR) is 356 cm³/mol. The quantitative estimate of drug-likeness (QED) is 0.0173. The van der Waals surface area contributed by atoms with Gasteiger partial charge in [-0.2, -0.15) is 11.8 Å². The van der Waals surface area contributed by atoms with E-state index in [2.05, 4.69) is 47.5 Å². The minimum Gasteiger partial charge on any atom is -0.370 e. The van der Waals surface area contributed by atoms with Gasteiger partial charge in [0.2, 0.25) is 76.8 Å². The summed E-state index contributed by atoms with van der Waals surface area (Å²) in [5, 5.41) is 21.1. The number of hydrogen-bond donors (Lipinski definition) is 15. The van der Waals surface area contributed by atoms with Crippen molar-refractivity contribution in [1.29, 1.82) is 0 Å². The van der Waals surface area contributed by atoms with Crippen LogP contribution in [0.4, 0.5) is 0 Å². The van der Waals surface area contributed by atoms with E-state index in [9.17, 15) is 62.3 Å². The fraction of sp³-hybridized carbons (Fsp3) is 0.587. The number of carbonyl (C=O) groups excluding carboxylic acids is 13. The maximum Gasteiger partial charge on any atom is 0.245 e. The number of nitrogens with one attached hydrogen (secondary N) is 8. The summed E-state index contributed by atoms with van der Waals surface area (Å²) in [6.07, 6.45) is 3.12. The number of nitrogens with two attached hydrogens (primary N) is 7. The van der Waals surface area contributed by atoms with Gasteiger partial charge >= 0.3 is 0 Å². The lowest BCUT2D eigenvalue weighted by Gasteiger charge is -2.32. The number of likely N-dealkylation sites (tertiary alicyclic amines) is 2. The summed E-state index contributed by atoms with van der Waals surface area (Å²) in [5.41, 5.74) is 40.6. The van der Waals surface area contributed by atoms with Crippen LogP contribution in [0.25, 0.3) is 0 Å². The molecule has 0 unspecified atom stereocenters. The first kappa shape index (κ1) is 78.5. The van der Waals surface area contributed by atoms with E-state index in [0.29, 0.717) is 55.4 Å². The van der Waals surface area contributed by atoms with Gasteiger partial charge in [-0.1, -0.05) is 74.5 Å². The summed E-state index contributed by atoms with van der Waals surface area (Å²) < 4.78 is 0. The minimum atomic E-state index is -1.64. The summed E-state index contributed by atoms with van der Waals surface area (Å²) in [6.45, 7) is 3.86. The molecule has 2 aliphatic heterocycles. The highest BCUT2D eigenvalue weighted by atomic mass is 32.2. The van der Waals surface area contributed by atoms with Crippen LogP contribution < -0.4 is 82.7 Å². The minimum absolute atomic E-state index is 0.0736. The Morgan fingerprint density at radius 2 is 1.01 bits per heavy atom. The maximum atomic E-state index is 14.7. The topological polar surface area (TPSA) is 519 Å². The van der Waals surface area contributed by atoms with Crippen LogP contribution in [-0.2, 0) is 75.2 Å². The van der Waals surface area contributed by atoms with Crippen molar-refractivity contribution in [2.24, 2.45) is 51.0 Å². The third-order valence-electron chi connectivity index (χ3n) is 16.0. The van der Waals surface area contributed by atoms with Crippen LogP contribution in [0.2, 0.25) is 0 Å². The van der Waals surface area contributed by atoms with Crippen LogP contribution in [0, 0.1) is 5.92 Å². The lowest BCUT2D eigenvalue weighted by molar-refractivity contribution is -0.144. The molecule has 0 aliphatic carbocycles. The molecule has 13 amide bonds. The van der Waals surface area contributed by atoms with Crippen LogP contribution in [-0.4, -0.2) is 198 Å². The number of hydrogen-bond acceptors (Lipinski definition) is 17. The van der Waals surface area contributed by atoms with E-state index in [0.717, 1.165) is 0 Å². The Hall–Kier alpha value is -8.91. The molecule has 4 rings (SSSR count). The van der Waals surface area contributed by atoms with Crippen LogP contribution in [0.5, 0.6) is 0 Å². The zero-order valence-electron chi connectivity index (χ0n) is 54.5. The first-order chi connectivity index (χ1) is 45.2. The molecule has 2 fully saturated rings. The molecule has 0 spiro atoms. The summed E-state index contributed by atoms with van der Waals surface area (Å²) in [7, 11) is 0. The van der Waals surface area contributed by atoms with Gasteiger partial charge in [-0.15, -0.1) is 0 Å². The standard InChI is InChI=1S/C63H98N18O13S/c1-37(2)33-45(57(89)74-41(53(68)85)27-32-95-3)73-52(84)36-72-54(86)46(34-38-15-6-4-7-16-38)78-58(90)47(35-39-17-8-5-9-18-39)79-56(88)42(23-25-50(66)82)75-55(87)43(24-26-51(67)83)76-59(91)49-22-14-31-81(49)62(94)44(20-10-11-28-64)77-60(92)48-21-13-30-80(48)61(93)40(65)19-12-29-71-63(69)70/h4-9,15-18,37,40-49H,10-14,19-36,64-65H2,1-3H3,(H2,66,82)(H2,67,83)(H2,68,85)(H,72,86)(H,73,84)(H,74,89)(H,75,87)(H,76,91)(H,77,92)(H,78,90)(H,79,88)(H4,69,70,71)/t40-,41-,42-,43+,44-,45+,46-,47-,48-,49+/m0/s1. The van der Waals surface area contributed by atoms with Gasteiger partial charge < -0.3 is 92.5 Å². The van der Waals surface area contributed by atoms with Crippen molar-refractivity contribution in [2.45, 2.75) is 183 Å². The van der Waals surface area contributed by atoms with E-state index in [1.165, 1.54) is 21.6 Å². The Balaban J connectivity index is 1.56. The van der Waals surface area contributed by atoms with E-state index in [1.54, 1.807) is 60.7 Å². The molecule has 524 valence electrons. The summed E-state index contributed by atoms with van der Waals surface area (Å²) in [4.78, 5) is 185. The molecule has 0 aromatic heterocycles. The van der Waals surface area contributed by atoms with Gasteiger partial charge in [0.05, 0.1) is 12.6 Å². The molecule has 2 heterocycles. The van der Waals surface area contributed by atoms with Gasteiger partial charge in [0.15, 0.2) is 5.96 Å². The lowest BCUT2D eigenvalue weighted by Crippen LogP contribution is -2.60. The molecule has 2 aliphatic rings. The monoisotopic (exact) mass is 1350 g/mol. The van der Waals surface area contributed by atoms with Crippen molar-refractivity contribution in [3.05, 3.63) is 71.8 Å². The van der Waals surface area contributed by atoms with Crippen molar-refractivity contribution in [1.82, 2.24) is 52.3 Å². The van der Waals surface area contributed by atoms with Crippen molar-refractivity contribution >= 4 is 94.5 Å². The molecule has 2 aromatic carbocycles. The molecule has 10 atom stereocenters. The molecule has 0 saturated carbocycles. The summed E-state index contributed by atoms with van der Waals surface area (Å²) in [5.74, 6) is -9.80. The van der Waals surface area contributed by atoms with Crippen LogP contribution in [0.15, 0.2) is 65.7 Å². The van der Waals surface area contributed by atoms with Crippen molar-refractivity contribution < 1.29 is 62.3 Å². The second kappa shape index (κ2) is 41.0. The molecule has 2 saturated heterocycles. The molecule has 31 nitrogen and oxygen atoms in total. The third kappa shape index (κ3) is 27.5. The number of benzene rings is 2. The van der Waals surface area contributed by atoms with Gasteiger partial charge in [-0.05, 0) is 119 Å². The molecule has 2 aromatic rings. The number of amides is 13. The predicted octanol–water partition coefficient (Wildman–Crippen LogP) is -3.71. The Morgan fingerprint density at radius 1 is 0.537 bits per heavy atom. The number of thioether (sulfide) groups is 1. The highest BCUT2D eigenvalue weighted by Gasteiger charge is 2.42. The van der Waals surface area contributed by atoms with Crippen LogP contribution in [0.1, 0.15) is 121 Å². The van der Waals surface area contributed by atoms with E-state index in [1.807, 2.05) is 20.1 Å². The Labute approximate surface area is 558 Å². The molecule has 0 bridgehead atoms. The molecular formula is C63H98N18O13S. The molecular weight excluding hydrogens is 1250 g/mol. The van der Waals surface area contributed by atoms with Gasteiger partial charge in [0.1, 0.15) is 54.4 Å². The highest BCUT2D eigenvalue weighted by molar-refractivity contribution is 7.98. The number of primary amides is 3. The Kier molecular flexibility index (Phi) is 33.9. The lowest BCUT2D eigenvalue weighted by atomic mass is 10.0. The zero-order chi connectivity index (χ0) is 70.1. The summed E-state index contributed by atoms with van der Waals surface area (Å²) >= 11 is 1.45. The second-order valence-corrected chi connectivity index (χ2v) is 25.1. The van der Waals surface area contributed by atoms with E-state index in [4.69, 9.17) is 40.1 Å². The van der Waals surface area contributed by atoms with Gasteiger partial charge in [-0.3, -0.25) is 67.3 Å². The van der Waals surface area contributed by atoms with Crippen LogP contribution in [0.3, 0.4) is 0 Å². The Morgan fingerprint density at radius 3 is 1.51 bits per heavy atom. The van der Waals surface area contributed by atoms with E-state index >= 15 is 0 Å². The van der Waals surface area contributed by atoms with Crippen molar-refractivity contribution in [3.8, 4) is 0 Å². The number of carbonyl (C=O) groups is 13. The number of guanidine groups is 1. The molecule has 32 heteroatoms. The first-order valence-electron chi connectivity index (χ1n) is 32.2. The fourth-order valence-corrected chi connectivity index (χ4v) is 11.5. The van der Waals surface area contributed by atoms with Crippen molar-refractivity contribution in [2.75, 3.05) is 44.7 Å². The first-order valence-corrected chi connectivity index (χ1v) is 33.6. The maximum absolute atomic E-state index is 14.7. The van der Waals surface area contributed by atoms with Crippen LogP contribution >= 0.6 is 11.8 Å². The molecule has 22 N–H and O–H groups in total. The number of aliphatic imine (C=N–C) groups is 1. The fourth-order valence-electron chi connectivity index (χ4n) is 11.0. The Bertz CT molecular complexity index is 2960. The van der Waals surface area contributed by atoms with E-state index < -0.39 is 169 Å². The second-order valence-electron chi connectivity index (χ2n) is 24.1. The SMILES string of the molecule is CSCC[C@H](NC(=O)[C@@H](CC(C)C)NC(=O)CNC(=O)[C@H](Cc1ccccc1)NC(=O)[C@H](Cc1ccccc1)NC(=O)[C@H](CCC(N)=O)NC(=O)[C@@H](CCC(N)=O)NC(=O)[C@H]1CCCN1C(=O)[C@H](CCCCN)NC(=O)[C@@H]1CCCN1C(=O)[C@@H](N)CCCN=C(N)N)C(N)=O. The molecule has 0 radical (unpaired) electrons. The van der Waals surface area contributed by atoms with E-state index in [-0.39, 0.29) is 83.0 Å². The van der Waals surface area contributed by atoms with Gasteiger partial charge in [-0.25, -0.2) is 0 Å². The number of nitrogens with zero attached hydrogens (tertiary/aromatic N) is 3. The smallest absolute Gasteiger partial charge is 0.245 e. The number of rotatable bonds is 42. The zero-order valence-corrected chi connectivity index (χ0v) is 55.3. The third-order valence-corrected chi connectivity index (χ3v) is 16.7. The molecule has 95 heavy (non-hydrogen) atoms. The average molecular weight is 1350 g/mol. The van der Waals surface area contributed by atoms with Crippen molar-refractivity contribution in [3.63, 3.8) is 0 Å². The average Bonchev–Trinajstić information content (AvgIpc) is 1.74. The van der Waals surface area contributed by atoms with Gasteiger partial charge in [0, 0.05) is 45.3 Å². The normalized spacial score (nSPS) is 16.8. The number of unbranched alkanes of at least 4 members (excludes halogenated alkanes) is 1. The largest absolute Gasteiger partial charge is 0.370 e.